The Hall–Kier alpha value is -0.830. The van der Waals surface area contributed by atoms with E-state index >= 15 is 0 Å². The van der Waals surface area contributed by atoms with Crippen LogP contribution in [-0.4, -0.2) is 25.2 Å². The molecule has 15 heavy (non-hydrogen) atoms. The van der Waals surface area contributed by atoms with Gasteiger partial charge in [-0.25, -0.2) is 4.79 Å². The van der Waals surface area contributed by atoms with Gasteiger partial charge in [0.05, 0.1) is 6.61 Å². The molecule has 0 amide bonds. The van der Waals surface area contributed by atoms with Crippen molar-refractivity contribution in [3.8, 4) is 0 Å². The first kappa shape index (κ1) is 10.7. The van der Waals surface area contributed by atoms with Crippen molar-refractivity contribution in [2.75, 3.05) is 13.2 Å². The van der Waals surface area contributed by atoms with Gasteiger partial charge in [-0.15, -0.1) is 0 Å². The Labute approximate surface area is 90.9 Å². The molecule has 2 bridgehead atoms. The number of hydrogen-bond donors (Lipinski definition) is 1. The molecule has 0 aromatic carbocycles. The fraction of sp³-hybridized carbons (Fsp3) is 0.750. The second-order valence-electron chi connectivity index (χ2n) is 4.41. The predicted molar refractivity (Wildman–Crippen MR) is 58.5 cm³/mol. The second kappa shape index (κ2) is 4.79. The van der Waals surface area contributed by atoms with E-state index in [1.165, 1.54) is 24.8 Å². The van der Waals surface area contributed by atoms with E-state index in [9.17, 15) is 4.79 Å². The van der Waals surface area contributed by atoms with Crippen molar-refractivity contribution < 1.29 is 9.53 Å². The van der Waals surface area contributed by atoms with Crippen molar-refractivity contribution in [1.82, 2.24) is 5.32 Å². The highest BCUT2D eigenvalue weighted by molar-refractivity contribution is 5.83. The summed E-state index contributed by atoms with van der Waals surface area (Å²) in [5, 5.41) is 3.47. The highest BCUT2D eigenvalue weighted by Crippen LogP contribution is 2.33. The Kier molecular flexibility index (Phi) is 3.41. The number of rotatable bonds is 2. The summed E-state index contributed by atoms with van der Waals surface area (Å²) in [6.07, 6.45) is 6.49. The number of carbonyl (C=O) groups excluding carboxylic acids is 1. The average Bonchev–Trinajstić information content (AvgIpc) is 2.23. The largest absolute Gasteiger partial charge is 0.463 e. The SMILES string of the molecule is CCOC(=O)/C=C1/CCC2CCNC1C2. The Balaban J connectivity index is 1.99. The molecule has 1 aliphatic carbocycles. The van der Waals surface area contributed by atoms with E-state index in [1.807, 2.05) is 6.92 Å². The molecular formula is C12H19NO2. The third-order valence-electron chi connectivity index (χ3n) is 3.39. The van der Waals surface area contributed by atoms with Crippen LogP contribution >= 0.6 is 0 Å². The van der Waals surface area contributed by atoms with Gasteiger partial charge < -0.3 is 10.1 Å². The van der Waals surface area contributed by atoms with Gasteiger partial charge in [-0.2, -0.15) is 0 Å². The van der Waals surface area contributed by atoms with E-state index < -0.39 is 0 Å². The van der Waals surface area contributed by atoms with Crippen LogP contribution in [0.5, 0.6) is 0 Å². The number of piperidine rings is 1. The molecule has 0 spiro atoms. The fourth-order valence-electron chi connectivity index (χ4n) is 2.59. The molecule has 2 unspecified atom stereocenters. The van der Waals surface area contributed by atoms with E-state index in [0.29, 0.717) is 12.6 Å². The van der Waals surface area contributed by atoms with Gasteiger partial charge in [0, 0.05) is 12.1 Å². The molecule has 1 saturated carbocycles. The Morgan fingerprint density at radius 3 is 3.27 bits per heavy atom. The topological polar surface area (TPSA) is 38.3 Å². The maximum atomic E-state index is 11.3. The van der Waals surface area contributed by atoms with Crippen LogP contribution in [0.1, 0.15) is 32.6 Å². The van der Waals surface area contributed by atoms with E-state index in [0.717, 1.165) is 18.9 Å². The molecule has 2 rings (SSSR count). The first-order valence-electron chi connectivity index (χ1n) is 5.90. The lowest BCUT2D eigenvalue weighted by Crippen LogP contribution is -2.42. The molecule has 3 heteroatoms. The fourth-order valence-corrected chi connectivity index (χ4v) is 2.59. The van der Waals surface area contributed by atoms with Gasteiger partial charge in [-0.3, -0.25) is 0 Å². The third kappa shape index (κ3) is 2.59. The molecule has 1 saturated heterocycles. The summed E-state index contributed by atoms with van der Waals surface area (Å²) in [6, 6.07) is 0.432. The number of ether oxygens (including phenoxy) is 1. The summed E-state index contributed by atoms with van der Waals surface area (Å²) in [7, 11) is 0. The summed E-state index contributed by atoms with van der Waals surface area (Å²) in [5.74, 6) is 0.689. The number of fused-ring (bicyclic) bond motifs is 2. The van der Waals surface area contributed by atoms with Crippen LogP contribution in [0.3, 0.4) is 0 Å². The van der Waals surface area contributed by atoms with E-state index in [-0.39, 0.29) is 5.97 Å². The number of nitrogens with one attached hydrogen (secondary N) is 1. The molecule has 84 valence electrons. The standard InChI is InChI=1S/C12H19NO2/c1-2-15-12(14)8-10-4-3-9-5-6-13-11(10)7-9/h8-9,11,13H,2-7H2,1H3/b10-8-. The van der Waals surface area contributed by atoms with Crippen molar-refractivity contribution in [2.45, 2.75) is 38.6 Å². The molecular weight excluding hydrogens is 190 g/mol. The predicted octanol–water partition coefficient (Wildman–Crippen LogP) is 1.64. The summed E-state index contributed by atoms with van der Waals surface area (Å²) < 4.78 is 4.94. The maximum absolute atomic E-state index is 11.3. The number of hydrogen-bond acceptors (Lipinski definition) is 3. The van der Waals surface area contributed by atoms with Crippen molar-refractivity contribution >= 4 is 5.97 Å². The minimum atomic E-state index is -0.182. The average molecular weight is 209 g/mol. The van der Waals surface area contributed by atoms with E-state index in [1.54, 1.807) is 6.08 Å². The molecule has 0 aromatic rings. The van der Waals surface area contributed by atoms with Gasteiger partial charge in [0.25, 0.3) is 0 Å². The Bertz CT molecular complexity index is 273. The van der Waals surface area contributed by atoms with Crippen molar-refractivity contribution in [3.05, 3.63) is 11.6 Å². The molecule has 0 aromatic heterocycles. The number of carbonyl (C=O) groups is 1. The van der Waals surface area contributed by atoms with Crippen LogP contribution in [-0.2, 0) is 9.53 Å². The van der Waals surface area contributed by atoms with Crippen LogP contribution in [0.4, 0.5) is 0 Å². The molecule has 2 atom stereocenters. The third-order valence-corrected chi connectivity index (χ3v) is 3.39. The summed E-state index contributed by atoms with van der Waals surface area (Å²) in [6.45, 7) is 3.39. The number of esters is 1. The van der Waals surface area contributed by atoms with E-state index in [4.69, 9.17) is 4.74 Å². The lowest BCUT2D eigenvalue weighted by atomic mass is 9.78. The van der Waals surface area contributed by atoms with Gasteiger partial charge in [-0.1, -0.05) is 0 Å². The van der Waals surface area contributed by atoms with Gasteiger partial charge in [0.15, 0.2) is 0 Å². The van der Waals surface area contributed by atoms with Gasteiger partial charge >= 0.3 is 5.97 Å². The summed E-state index contributed by atoms with van der Waals surface area (Å²) in [5.41, 5.74) is 1.24. The van der Waals surface area contributed by atoms with Gasteiger partial charge in [0.1, 0.15) is 0 Å². The first-order chi connectivity index (χ1) is 7.29. The molecule has 2 aliphatic rings. The lowest BCUT2D eigenvalue weighted by Gasteiger charge is -2.37. The quantitative estimate of drug-likeness (QED) is 0.555. The zero-order chi connectivity index (χ0) is 10.7. The van der Waals surface area contributed by atoms with Crippen molar-refractivity contribution in [2.24, 2.45) is 5.92 Å². The van der Waals surface area contributed by atoms with Crippen molar-refractivity contribution in [1.29, 1.82) is 0 Å². The first-order valence-corrected chi connectivity index (χ1v) is 5.90. The zero-order valence-corrected chi connectivity index (χ0v) is 9.29. The zero-order valence-electron chi connectivity index (χ0n) is 9.29. The lowest BCUT2D eigenvalue weighted by molar-refractivity contribution is -0.137. The highest BCUT2D eigenvalue weighted by atomic mass is 16.5. The van der Waals surface area contributed by atoms with Crippen LogP contribution in [0.25, 0.3) is 0 Å². The van der Waals surface area contributed by atoms with Crippen LogP contribution in [0, 0.1) is 5.92 Å². The molecule has 2 fully saturated rings. The minimum absolute atomic E-state index is 0.182. The summed E-state index contributed by atoms with van der Waals surface area (Å²) in [4.78, 5) is 11.3. The van der Waals surface area contributed by atoms with Gasteiger partial charge in [-0.05, 0) is 50.6 Å². The second-order valence-corrected chi connectivity index (χ2v) is 4.41. The maximum Gasteiger partial charge on any atom is 0.330 e. The molecule has 1 heterocycles. The van der Waals surface area contributed by atoms with Crippen LogP contribution < -0.4 is 5.32 Å². The summed E-state index contributed by atoms with van der Waals surface area (Å²) >= 11 is 0. The highest BCUT2D eigenvalue weighted by Gasteiger charge is 2.29. The van der Waals surface area contributed by atoms with Crippen LogP contribution in [0.2, 0.25) is 0 Å². The Morgan fingerprint density at radius 1 is 1.60 bits per heavy atom. The monoisotopic (exact) mass is 209 g/mol. The van der Waals surface area contributed by atoms with Crippen LogP contribution in [0.15, 0.2) is 11.6 Å². The normalized spacial score (nSPS) is 32.7. The Morgan fingerprint density at radius 2 is 2.47 bits per heavy atom. The van der Waals surface area contributed by atoms with Gasteiger partial charge in [0.2, 0.25) is 0 Å². The minimum Gasteiger partial charge on any atom is -0.463 e. The smallest absolute Gasteiger partial charge is 0.330 e. The molecule has 0 radical (unpaired) electrons. The molecule has 1 aliphatic heterocycles. The van der Waals surface area contributed by atoms with E-state index in [2.05, 4.69) is 5.32 Å². The van der Waals surface area contributed by atoms with Crippen molar-refractivity contribution in [3.63, 3.8) is 0 Å². The molecule has 1 N–H and O–H groups in total. The molecule has 3 nitrogen and oxygen atoms in total.